The maximum Gasteiger partial charge on any atom is 0.332 e. The van der Waals surface area contributed by atoms with Gasteiger partial charge in [0, 0.05) is 38.8 Å². The van der Waals surface area contributed by atoms with Crippen molar-refractivity contribution in [1.29, 1.82) is 0 Å². The van der Waals surface area contributed by atoms with Gasteiger partial charge in [0.2, 0.25) is 0 Å². The molecule has 3 aromatic heterocycles. The van der Waals surface area contributed by atoms with E-state index in [1.165, 1.54) is 31.8 Å². The first-order valence-electron chi connectivity index (χ1n) is 7.34. The molecule has 0 aromatic carbocycles. The molecule has 1 N–H and O–H groups in total. The van der Waals surface area contributed by atoms with Crippen molar-refractivity contribution in [2.75, 3.05) is 5.32 Å². The van der Waals surface area contributed by atoms with E-state index in [1.807, 2.05) is 0 Å². The highest BCUT2D eigenvalue weighted by Gasteiger charge is 2.16. The fraction of sp³-hybridized carbons (Fsp3) is 0.188. The molecule has 0 aliphatic carbocycles. The summed E-state index contributed by atoms with van der Waals surface area (Å²) in [7, 11) is 4.27. The lowest BCUT2D eigenvalue weighted by Gasteiger charge is -2.11. The Morgan fingerprint density at radius 1 is 1.04 bits per heavy atom. The van der Waals surface area contributed by atoms with Gasteiger partial charge in [-0.3, -0.25) is 28.1 Å². The van der Waals surface area contributed by atoms with Gasteiger partial charge in [-0.1, -0.05) is 0 Å². The Kier molecular flexibility index (Phi) is 3.84. The number of hydrogen-bond donors (Lipinski definition) is 1. The van der Waals surface area contributed by atoms with Crippen LogP contribution in [0.1, 0.15) is 10.4 Å². The lowest BCUT2D eigenvalue weighted by atomic mass is 10.2. The highest BCUT2D eigenvalue weighted by molar-refractivity contribution is 6.05. The molecule has 0 atom stereocenters. The maximum absolute atomic E-state index is 12.5. The van der Waals surface area contributed by atoms with Crippen LogP contribution in [0.2, 0.25) is 0 Å². The zero-order chi connectivity index (χ0) is 18.3. The quantitative estimate of drug-likeness (QED) is 0.681. The zero-order valence-electron chi connectivity index (χ0n) is 13.8. The second kappa shape index (κ2) is 5.86. The number of aromatic nitrogens is 4. The number of anilines is 1. The fourth-order valence-corrected chi connectivity index (χ4v) is 2.50. The van der Waals surface area contributed by atoms with Crippen molar-refractivity contribution in [2.45, 2.75) is 0 Å². The van der Waals surface area contributed by atoms with Gasteiger partial charge >= 0.3 is 5.69 Å². The van der Waals surface area contributed by atoms with E-state index in [1.54, 1.807) is 18.3 Å². The van der Waals surface area contributed by atoms with Crippen molar-refractivity contribution in [2.24, 2.45) is 21.1 Å². The topological polar surface area (TPSA) is 108 Å². The minimum absolute atomic E-state index is 0.00596. The first-order valence-corrected chi connectivity index (χ1v) is 7.34. The predicted octanol–water partition coefficient (Wildman–Crippen LogP) is -0.417. The molecular formula is C16H15N5O4. The molecule has 1 amide bonds. The summed E-state index contributed by atoms with van der Waals surface area (Å²) in [5.74, 6) is -0.707. The van der Waals surface area contributed by atoms with E-state index in [9.17, 15) is 19.2 Å². The molecule has 3 aromatic rings. The first-order chi connectivity index (χ1) is 11.8. The average Bonchev–Trinajstić information content (AvgIpc) is 2.60. The van der Waals surface area contributed by atoms with E-state index in [0.717, 1.165) is 15.2 Å². The molecular weight excluding hydrogens is 326 g/mol. The van der Waals surface area contributed by atoms with E-state index in [4.69, 9.17) is 0 Å². The fourth-order valence-electron chi connectivity index (χ4n) is 2.50. The molecule has 9 heteroatoms. The van der Waals surface area contributed by atoms with Gasteiger partial charge in [-0.05, 0) is 18.2 Å². The smallest absolute Gasteiger partial charge is 0.308 e. The van der Waals surface area contributed by atoms with Crippen molar-refractivity contribution in [3.05, 3.63) is 67.2 Å². The van der Waals surface area contributed by atoms with Crippen molar-refractivity contribution in [3.8, 4) is 0 Å². The number of fused-ring (bicyclic) bond motifs is 1. The molecule has 0 spiro atoms. The van der Waals surface area contributed by atoms with Crippen LogP contribution in [-0.4, -0.2) is 24.6 Å². The number of nitrogens with one attached hydrogen (secondary N) is 1. The van der Waals surface area contributed by atoms with Crippen LogP contribution in [0.4, 0.5) is 5.82 Å². The molecule has 25 heavy (non-hydrogen) atoms. The molecule has 0 saturated carbocycles. The molecule has 3 heterocycles. The Morgan fingerprint density at radius 2 is 1.76 bits per heavy atom. The Balaban J connectivity index is 2.10. The summed E-state index contributed by atoms with van der Waals surface area (Å²) in [5.41, 5.74) is -1.34. The number of rotatable bonds is 2. The number of carbonyl (C=O) groups is 1. The van der Waals surface area contributed by atoms with Gasteiger partial charge in [0.1, 0.15) is 17.0 Å². The van der Waals surface area contributed by atoms with E-state index in [2.05, 4.69) is 10.3 Å². The lowest BCUT2D eigenvalue weighted by Crippen LogP contribution is -2.38. The van der Waals surface area contributed by atoms with Gasteiger partial charge in [0.15, 0.2) is 0 Å². The second-order valence-corrected chi connectivity index (χ2v) is 5.56. The molecule has 0 unspecified atom stereocenters. The van der Waals surface area contributed by atoms with Crippen LogP contribution in [0.15, 0.2) is 44.8 Å². The molecule has 0 aliphatic rings. The average molecular weight is 341 g/mol. The monoisotopic (exact) mass is 341 g/mol. The molecule has 9 nitrogen and oxygen atoms in total. The Hall–Kier alpha value is -3.49. The third kappa shape index (κ3) is 2.65. The van der Waals surface area contributed by atoms with E-state index in [0.29, 0.717) is 11.0 Å². The minimum Gasteiger partial charge on any atom is -0.308 e. The molecule has 128 valence electrons. The third-order valence-electron chi connectivity index (χ3n) is 3.98. The number of amides is 1. The summed E-state index contributed by atoms with van der Waals surface area (Å²) < 4.78 is 3.30. The van der Waals surface area contributed by atoms with Crippen LogP contribution in [0.3, 0.4) is 0 Å². The van der Waals surface area contributed by atoms with Crippen LogP contribution in [-0.2, 0) is 21.1 Å². The van der Waals surface area contributed by atoms with Crippen LogP contribution in [0.25, 0.3) is 11.0 Å². The van der Waals surface area contributed by atoms with Crippen molar-refractivity contribution < 1.29 is 4.79 Å². The van der Waals surface area contributed by atoms with Gasteiger partial charge in [0.25, 0.3) is 17.0 Å². The van der Waals surface area contributed by atoms with Crippen molar-refractivity contribution >= 4 is 22.8 Å². The van der Waals surface area contributed by atoms with E-state index < -0.39 is 22.7 Å². The lowest BCUT2D eigenvalue weighted by molar-refractivity contribution is 0.102. The van der Waals surface area contributed by atoms with Crippen LogP contribution >= 0.6 is 0 Å². The van der Waals surface area contributed by atoms with Gasteiger partial charge in [0.05, 0.1) is 0 Å². The summed E-state index contributed by atoms with van der Waals surface area (Å²) in [4.78, 5) is 52.7. The van der Waals surface area contributed by atoms with Gasteiger partial charge < -0.3 is 5.32 Å². The zero-order valence-corrected chi connectivity index (χ0v) is 13.8. The predicted molar refractivity (Wildman–Crippen MR) is 91.9 cm³/mol. The van der Waals surface area contributed by atoms with Gasteiger partial charge in [-0.2, -0.15) is 0 Å². The molecule has 0 saturated heterocycles. The molecule has 0 radical (unpaired) electrons. The normalized spacial score (nSPS) is 10.8. The Labute approximate surface area is 140 Å². The number of pyridine rings is 2. The van der Waals surface area contributed by atoms with Gasteiger partial charge in [-0.15, -0.1) is 0 Å². The minimum atomic E-state index is -0.713. The van der Waals surface area contributed by atoms with E-state index in [-0.39, 0.29) is 11.4 Å². The third-order valence-corrected chi connectivity index (χ3v) is 3.98. The second-order valence-electron chi connectivity index (χ2n) is 5.56. The van der Waals surface area contributed by atoms with Crippen LogP contribution in [0, 0.1) is 0 Å². The molecule has 3 rings (SSSR count). The molecule has 0 aliphatic heterocycles. The standard InChI is InChI=1S/C16H15N5O4/c1-19-11(8-12(22)20(2)16(19)25)18-14(23)10-7-9-5-4-6-17-13(9)21(3)15(10)24/h4-8H,1-3H3,(H,18,23). The summed E-state index contributed by atoms with van der Waals surface area (Å²) in [5, 5.41) is 3.06. The Bertz CT molecular complexity index is 1190. The highest BCUT2D eigenvalue weighted by atomic mass is 16.2. The maximum atomic E-state index is 12.5. The van der Waals surface area contributed by atoms with Crippen LogP contribution < -0.4 is 22.1 Å². The van der Waals surface area contributed by atoms with Crippen LogP contribution in [0.5, 0.6) is 0 Å². The van der Waals surface area contributed by atoms with Crippen molar-refractivity contribution in [3.63, 3.8) is 0 Å². The summed E-state index contributed by atoms with van der Waals surface area (Å²) >= 11 is 0. The van der Waals surface area contributed by atoms with E-state index >= 15 is 0 Å². The highest BCUT2D eigenvalue weighted by Crippen LogP contribution is 2.11. The van der Waals surface area contributed by atoms with Gasteiger partial charge in [-0.25, -0.2) is 9.78 Å². The first kappa shape index (κ1) is 16.4. The summed E-state index contributed by atoms with van der Waals surface area (Å²) in [6.45, 7) is 0. The molecule has 0 fully saturated rings. The largest absolute Gasteiger partial charge is 0.332 e. The number of nitrogens with zero attached hydrogens (tertiary/aromatic N) is 4. The Morgan fingerprint density at radius 3 is 2.48 bits per heavy atom. The summed E-state index contributed by atoms with van der Waals surface area (Å²) in [6, 6.07) is 5.97. The molecule has 0 bridgehead atoms. The number of carbonyl (C=O) groups excluding carboxylic acids is 1. The number of aryl methyl sites for hydroxylation is 1. The number of hydrogen-bond acceptors (Lipinski definition) is 5. The van der Waals surface area contributed by atoms with Crippen molar-refractivity contribution in [1.82, 2.24) is 18.7 Å². The SMILES string of the molecule is Cn1c(NC(=O)c2cc3cccnc3n(C)c2=O)cc(=O)n(C)c1=O. The summed E-state index contributed by atoms with van der Waals surface area (Å²) in [6.07, 6.45) is 1.55.